The summed E-state index contributed by atoms with van der Waals surface area (Å²) in [4.78, 5) is 24.5. The lowest BCUT2D eigenvalue weighted by Gasteiger charge is -2.29. The molecular weight excluding hydrogens is 232 g/mol. The number of nitrogens with zero attached hydrogens (tertiary/aromatic N) is 2. The minimum absolute atomic E-state index is 0.0425. The SMILES string of the molecule is CC(C#N)CN(C)C(=O)C1CCC(C(=O)O)CC1. The number of rotatable bonds is 4. The second-order valence-corrected chi connectivity index (χ2v) is 5.14. The van der Waals surface area contributed by atoms with E-state index >= 15 is 0 Å². The van der Waals surface area contributed by atoms with E-state index in [0.29, 0.717) is 32.2 Å². The Morgan fingerprint density at radius 1 is 1.33 bits per heavy atom. The Bertz CT molecular complexity index is 354. The molecule has 0 bridgehead atoms. The van der Waals surface area contributed by atoms with Gasteiger partial charge < -0.3 is 10.0 Å². The standard InChI is InChI=1S/C13H20N2O3/c1-9(7-14)8-15(2)12(16)10-3-5-11(6-4-10)13(17)18/h9-11H,3-6,8H2,1-2H3,(H,17,18). The number of carboxylic acid groups (broad SMARTS) is 1. The van der Waals surface area contributed by atoms with Crippen molar-refractivity contribution >= 4 is 11.9 Å². The summed E-state index contributed by atoms with van der Waals surface area (Å²) < 4.78 is 0. The fraction of sp³-hybridized carbons (Fsp3) is 0.769. The van der Waals surface area contributed by atoms with E-state index in [2.05, 4.69) is 6.07 Å². The predicted molar refractivity (Wildman–Crippen MR) is 65.5 cm³/mol. The molecule has 100 valence electrons. The first kappa shape index (κ1) is 14.5. The molecule has 0 heterocycles. The number of carbonyl (C=O) groups is 2. The van der Waals surface area contributed by atoms with Crippen LogP contribution in [0.25, 0.3) is 0 Å². The van der Waals surface area contributed by atoms with Crippen molar-refractivity contribution in [3.63, 3.8) is 0 Å². The van der Waals surface area contributed by atoms with Gasteiger partial charge in [-0.1, -0.05) is 0 Å². The molecule has 1 aliphatic carbocycles. The van der Waals surface area contributed by atoms with E-state index < -0.39 is 5.97 Å². The zero-order valence-electron chi connectivity index (χ0n) is 10.9. The lowest BCUT2D eigenvalue weighted by Crippen LogP contribution is -2.37. The summed E-state index contributed by atoms with van der Waals surface area (Å²) in [6.45, 7) is 2.22. The normalized spacial score (nSPS) is 24.9. The van der Waals surface area contributed by atoms with Gasteiger partial charge in [-0.05, 0) is 32.6 Å². The zero-order valence-corrected chi connectivity index (χ0v) is 10.9. The molecule has 5 nitrogen and oxygen atoms in total. The van der Waals surface area contributed by atoms with Crippen LogP contribution >= 0.6 is 0 Å². The second-order valence-electron chi connectivity index (χ2n) is 5.14. The van der Waals surface area contributed by atoms with E-state index in [-0.39, 0.29) is 23.7 Å². The first-order valence-corrected chi connectivity index (χ1v) is 6.33. The van der Waals surface area contributed by atoms with E-state index in [9.17, 15) is 9.59 Å². The molecule has 1 N–H and O–H groups in total. The van der Waals surface area contributed by atoms with Crippen LogP contribution in [0.15, 0.2) is 0 Å². The van der Waals surface area contributed by atoms with Crippen molar-refractivity contribution in [2.45, 2.75) is 32.6 Å². The molecule has 1 aliphatic rings. The molecule has 0 radical (unpaired) electrons. The molecule has 0 saturated heterocycles. The van der Waals surface area contributed by atoms with Crippen LogP contribution in [-0.2, 0) is 9.59 Å². The van der Waals surface area contributed by atoms with Gasteiger partial charge in [-0.3, -0.25) is 9.59 Å². The van der Waals surface area contributed by atoms with Crippen LogP contribution in [0, 0.1) is 29.1 Å². The van der Waals surface area contributed by atoms with Crippen molar-refractivity contribution in [3.05, 3.63) is 0 Å². The molecule has 1 amide bonds. The Labute approximate surface area is 107 Å². The number of hydrogen-bond acceptors (Lipinski definition) is 3. The van der Waals surface area contributed by atoms with Gasteiger partial charge in [0.1, 0.15) is 0 Å². The number of amides is 1. The van der Waals surface area contributed by atoms with Crippen molar-refractivity contribution in [3.8, 4) is 6.07 Å². The van der Waals surface area contributed by atoms with Gasteiger partial charge in [0.25, 0.3) is 0 Å². The molecule has 1 fully saturated rings. The summed E-state index contributed by atoms with van der Waals surface area (Å²) in [5.74, 6) is -1.25. The predicted octanol–water partition coefficient (Wildman–Crippen LogP) is 1.50. The number of nitriles is 1. The fourth-order valence-corrected chi connectivity index (χ4v) is 2.44. The van der Waals surface area contributed by atoms with Gasteiger partial charge in [0.15, 0.2) is 0 Å². The minimum atomic E-state index is -0.757. The summed E-state index contributed by atoms with van der Waals surface area (Å²) in [6.07, 6.45) is 2.43. The fourth-order valence-electron chi connectivity index (χ4n) is 2.44. The van der Waals surface area contributed by atoms with E-state index in [4.69, 9.17) is 10.4 Å². The number of carboxylic acids is 1. The van der Waals surface area contributed by atoms with Gasteiger partial charge >= 0.3 is 5.97 Å². The van der Waals surface area contributed by atoms with E-state index in [1.807, 2.05) is 0 Å². The molecule has 0 aromatic heterocycles. The topological polar surface area (TPSA) is 81.4 Å². The summed E-state index contributed by atoms with van der Waals surface area (Å²) in [6, 6.07) is 2.10. The molecule has 0 spiro atoms. The third kappa shape index (κ3) is 3.73. The maximum atomic E-state index is 12.1. The average molecular weight is 252 g/mol. The van der Waals surface area contributed by atoms with Crippen molar-refractivity contribution in [1.29, 1.82) is 5.26 Å². The minimum Gasteiger partial charge on any atom is -0.481 e. The lowest BCUT2D eigenvalue weighted by molar-refractivity contribution is -0.145. The molecule has 1 atom stereocenters. The van der Waals surface area contributed by atoms with Crippen LogP contribution in [0.5, 0.6) is 0 Å². The van der Waals surface area contributed by atoms with Gasteiger partial charge in [-0.15, -0.1) is 0 Å². The highest BCUT2D eigenvalue weighted by Gasteiger charge is 2.31. The molecule has 1 unspecified atom stereocenters. The maximum Gasteiger partial charge on any atom is 0.306 e. The van der Waals surface area contributed by atoms with Crippen LogP contribution in [0.2, 0.25) is 0 Å². The van der Waals surface area contributed by atoms with Crippen LogP contribution in [0.4, 0.5) is 0 Å². The Morgan fingerprint density at radius 2 is 1.83 bits per heavy atom. The van der Waals surface area contributed by atoms with Crippen LogP contribution in [0.3, 0.4) is 0 Å². The van der Waals surface area contributed by atoms with Gasteiger partial charge in [0.2, 0.25) is 5.91 Å². The maximum absolute atomic E-state index is 12.1. The van der Waals surface area contributed by atoms with Crippen molar-refractivity contribution in [1.82, 2.24) is 4.90 Å². The third-order valence-electron chi connectivity index (χ3n) is 3.57. The highest BCUT2D eigenvalue weighted by molar-refractivity contribution is 5.79. The van der Waals surface area contributed by atoms with Crippen molar-refractivity contribution in [2.75, 3.05) is 13.6 Å². The largest absolute Gasteiger partial charge is 0.481 e. The molecule has 5 heteroatoms. The number of carbonyl (C=O) groups excluding carboxylic acids is 1. The monoisotopic (exact) mass is 252 g/mol. The van der Waals surface area contributed by atoms with E-state index in [1.54, 1.807) is 18.9 Å². The zero-order chi connectivity index (χ0) is 13.7. The first-order chi connectivity index (χ1) is 8.45. The van der Waals surface area contributed by atoms with Crippen LogP contribution in [0.1, 0.15) is 32.6 Å². The summed E-state index contributed by atoms with van der Waals surface area (Å²) in [5.41, 5.74) is 0. The first-order valence-electron chi connectivity index (χ1n) is 6.33. The Kier molecular flexibility index (Phi) is 5.14. The Hall–Kier alpha value is -1.57. The lowest BCUT2D eigenvalue weighted by atomic mass is 9.81. The van der Waals surface area contributed by atoms with Crippen LogP contribution < -0.4 is 0 Å². The third-order valence-corrected chi connectivity index (χ3v) is 3.57. The van der Waals surface area contributed by atoms with Crippen molar-refractivity contribution in [2.24, 2.45) is 17.8 Å². The Balaban J connectivity index is 2.45. The number of aliphatic carboxylic acids is 1. The van der Waals surface area contributed by atoms with Gasteiger partial charge in [0.05, 0.1) is 17.9 Å². The molecular formula is C13H20N2O3. The average Bonchev–Trinajstić information content (AvgIpc) is 2.37. The van der Waals surface area contributed by atoms with Gasteiger partial charge in [-0.25, -0.2) is 0 Å². The second kappa shape index (κ2) is 6.39. The molecule has 1 rings (SSSR count). The summed E-state index contributed by atoms with van der Waals surface area (Å²) in [5, 5.41) is 17.6. The van der Waals surface area contributed by atoms with E-state index in [0.717, 1.165) is 0 Å². The van der Waals surface area contributed by atoms with Gasteiger partial charge in [0, 0.05) is 19.5 Å². The molecule has 1 saturated carbocycles. The highest BCUT2D eigenvalue weighted by Crippen LogP contribution is 2.30. The molecule has 0 aromatic carbocycles. The van der Waals surface area contributed by atoms with E-state index in [1.165, 1.54) is 0 Å². The highest BCUT2D eigenvalue weighted by atomic mass is 16.4. The molecule has 0 aliphatic heterocycles. The number of hydrogen-bond donors (Lipinski definition) is 1. The summed E-state index contributed by atoms with van der Waals surface area (Å²) >= 11 is 0. The molecule has 0 aromatic rings. The van der Waals surface area contributed by atoms with Crippen LogP contribution in [-0.4, -0.2) is 35.5 Å². The smallest absolute Gasteiger partial charge is 0.306 e. The van der Waals surface area contributed by atoms with Gasteiger partial charge in [-0.2, -0.15) is 5.26 Å². The Morgan fingerprint density at radius 3 is 2.28 bits per heavy atom. The quantitative estimate of drug-likeness (QED) is 0.822. The van der Waals surface area contributed by atoms with Crippen molar-refractivity contribution < 1.29 is 14.7 Å². The molecule has 18 heavy (non-hydrogen) atoms. The summed E-state index contributed by atoms with van der Waals surface area (Å²) in [7, 11) is 1.71.